The number of fused-ring (bicyclic) bond motifs is 2. The van der Waals surface area contributed by atoms with Crippen molar-refractivity contribution in [2.45, 2.75) is 45.1 Å². The number of nitrogens with zero attached hydrogens (tertiary/aromatic N) is 5. The van der Waals surface area contributed by atoms with Crippen LogP contribution in [0.4, 0.5) is 0 Å². The molecule has 0 spiro atoms. The van der Waals surface area contributed by atoms with Gasteiger partial charge in [0.2, 0.25) is 0 Å². The highest BCUT2D eigenvalue weighted by Crippen LogP contribution is 2.34. The van der Waals surface area contributed by atoms with E-state index >= 15 is 0 Å². The van der Waals surface area contributed by atoms with E-state index in [1.54, 1.807) is 17.5 Å². The Hall–Kier alpha value is -4.11. The second-order valence-corrected chi connectivity index (χ2v) is 10.8. The van der Waals surface area contributed by atoms with Crippen LogP contribution >= 0.6 is 11.3 Å². The van der Waals surface area contributed by atoms with Gasteiger partial charge in [-0.05, 0) is 69.0 Å². The van der Waals surface area contributed by atoms with Gasteiger partial charge in [-0.15, -0.1) is 11.3 Å². The predicted octanol–water partition coefficient (Wildman–Crippen LogP) is 6.71. The van der Waals surface area contributed by atoms with Gasteiger partial charge in [-0.1, -0.05) is 6.42 Å². The third-order valence-electron chi connectivity index (χ3n) is 6.87. The molecule has 6 aromatic heterocycles. The molecule has 2 N–H and O–H groups in total. The molecule has 9 heteroatoms. The number of hydrogen-bond acceptors (Lipinski definition) is 7. The van der Waals surface area contributed by atoms with Crippen LogP contribution < -0.4 is 4.74 Å². The molecule has 0 aromatic carbocycles. The number of hydrogen-bond donors (Lipinski definition) is 2. The summed E-state index contributed by atoms with van der Waals surface area (Å²) in [6.45, 7) is 2.09. The van der Waals surface area contributed by atoms with E-state index in [2.05, 4.69) is 44.2 Å². The number of aromatic amines is 2. The van der Waals surface area contributed by atoms with Gasteiger partial charge in [0.15, 0.2) is 11.5 Å². The summed E-state index contributed by atoms with van der Waals surface area (Å²) < 4.78 is 6.24. The molecule has 6 heterocycles. The minimum atomic E-state index is 0.271. The monoisotopic (exact) mass is 507 g/mol. The minimum absolute atomic E-state index is 0.271. The van der Waals surface area contributed by atoms with Crippen LogP contribution in [0.25, 0.3) is 55.4 Å². The third-order valence-corrected chi connectivity index (χ3v) is 7.88. The smallest absolute Gasteiger partial charge is 0.161 e. The fraction of sp³-hybridized carbons (Fsp3) is 0.250. The van der Waals surface area contributed by atoms with E-state index < -0.39 is 0 Å². The van der Waals surface area contributed by atoms with E-state index in [-0.39, 0.29) is 6.10 Å². The Labute approximate surface area is 217 Å². The van der Waals surface area contributed by atoms with E-state index in [0.29, 0.717) is 11.5 Å². The lowest BCUT2D eigenvalue weighted by Gasteiger charge is -2.22. The number of imidazole rings is 1. The summed E-state index contributed by atoms with van der Waals surface area (Å²) >= 11 is 1.71. The van der Waals surface area contributed by atoms with Gasteiger partial charge in [-0.25, -0.2) is 9.97 Å². The largest absolute Gasteiger partial charge is 0.489 e. The zero-order chi connectivity index (χ0) is 24.8. The SMILES string of the molecule is Cc1ccc(-c2nccc3[nH]c(-c4n[nH]c5ccc(-c6cncc(OC7CCCCC7)c6)nc45)nc23)s1. The first kappa shape index (κ1) is 22.1. The van der Waals surface area contributed by atoms with Crippen LogP contribution in [0.1, 0.15) is 37.0 Å². The summed E-state index contributed by atoms with van der Waals surface area (Å²) in [5, 5.41) is 7.66. The Morgan fingerprint density at radius 3 is 2.68 bits per heavy atom. The molecule has 8 nitrogen and oxygen atoms in total. The molecule has 0 aliphatic heterocycles. The first-order valence-corrected chi connectivity index (χ1v) is 13.4. The molecule has 0 atom stereocenters. The molecule has 0 bridgehead atoms. The highest BCUT2D eigenvalue weighted by Gasteiger charge is 2.19. The average Bonchev–Trinajstić information content (AvgIpc) is 3.66. The van der Waals surface area contributed by atoms with Gasteiger partial charge in [0.25, 0.3) is 0 Å². The molecule has 0 unspecified atom stereocenters. The highest BCUT2D eigenvalue weighted by atomic mass is 32.1. The Morgan fingerprint density at radius 1 is 0.919 bits per heavy atom. The van der Waals surface area contributed by atoms with Crippen molar-refractivity contribution in [1.29, 1.82) is 0 Å². The topological polar surface area (TPSA) is 105 Å². The summed E-state index contributed by atoms with van der Waals surface area (Å²) in [5.74, 6) is 1.45. The van der Waals surface area contributed by atoms with Crippen LogP contribution in [0.15, 0.2) is 55.0 Å². The number of thiophene rings is 1. The second kappa shape index (κ2) is 9.08. The van der Waals surface area contributed by atoms with Gasteiger partial charge in [-0.2, -0.15) is 5.10 Å². The predicted molar refractivity (Wildman–Crippen MR) is 146 cm³/mol. The number of pyridine rings is 3. The molecule has 184 valence electrons. The summed E-state index contributed by atoms with van der Waals surface area (Å²) in [5.41, 5.74) is 6.58. The Balaban J connectivity index is 1.26. The lowest BCUT2D eigenvalue weighted by molar-refractivity contribution is 0.154. The van der Waals surface area contributed by atoms with Crippen molar-refractivity contribution in [3.63, 3.8) is 0 Å². The Kier molecular flexibility index (Phi) is 5.43. The zero-order valence-corrected chi connectivity index (χ0v) is 21.2. The van der Waals surface area contributed by atoms with Gasteiger partial charge < -0.3 is 9.72 Å². The van der Waals surface area contributed by atoms with Crippen LogP contribution in [0.3, 0.4) is 0 Å². The molecule has 1 aliphatic rings. The van der Waals surface area contributed by atoms with Crippen molar-refractivity contribution in [2.75, 3.05) is 0 Å². The van der Waals surface area contributed by atoms with Gasteiger partial charge >= 0.3 is 0 Å². The van der Waals surface area contributed by atoms with Crippen molar-refractivity contribution in [2.24, 2.45) is 0 Å². The quantitative estimate of drug-likeness (QED) is 0.269. The van der Waals surface area contributed by atoms with E-state index in [9.17, 15) is 0 Å². The molecule has 6 aromatic rings. The van der Waals surface area contributed by atoms with Gasteiger partial charge in [0.1, 0.15) is 22.5 Å². The summed E-state index contributed by atoms with van der Waals surface area (Å²) in [6, 6.07) is 12.1. The van der Waals surface area contributed by atoms with Crippen molar-refractivity contribution in [3.05, 3.63) is 59.9 Å². The summed E-state index contributed by atoms with van der Waals surface area (Å²) in [6.07, 6.45) is 11.7. The molecule has 0 saturated heterocycles. The third kappa shape index (κ3) is 4.15. The molecule has 0 radical (unpaired) electrons. The summed E-state index contributed by atoms with van der Waals surface area (Å²) in [7, 11) is 0. The highest BCUT2D eigenvalue weighted by molar-refractivity contribution is 7.15. The number of rotatable bonds is 5. The number of aryl methyl sites for hydroxylation is 1. The second-order valence-electron chi connectivity index (χ2n) is 9.50. The summed E-state index contributed by atoms with van der Waals surface area (Å²) in [4.78, 5) is 24.7. The molecule has 37 heavy (non-hydrogen) atoms. The molecular weight excluding hydrogens is 482 g/mol. The zero-order valence-electron chi connectivity index (χ0n) is 20.4. The number of nitrogens with one attached hydrogen (secondary N) is 2. The van der Waals surface area contributed by atoms with Gasteiger partial charge in [-0.3, -0.25) is 15.1 Å². The van der Waals surface area contributed by atoms with E-state index in [1.165, 1.54) is 24.1 Å². The molecular formula is C28H25N7OS. The lowest BCUT2D eigenvalue weighted by atomic mass is 9.98. The molecule has 0 amide bonds. The maximum atomic E-state index is 6.24. The molecule has 1 fully saturated rings. The van der Waals surface area contributed by atoms with Crippen LogP contribution in [-0.2, 0) is 0 Å². The van der Waals surface area contributed by atoms with Gasteiger partial charge in [0.05, 0.1) is 33.9 Å². The minimum Gasteiger partial charge on any atom is -0.489 e. The van der Waals surface area contributed by atoms with Crippen molar-refractivity contribution in [3.8, 4) is 39.1 Å². The normalized spacial score (nSPS) is 14.5. The average molecular weight is 508 g/mol. The standard InChI is InChI=1S/C28H25N7OS/c1-16-7-10-23(37-16)26-24-21(11-12-30-26)32-28(33-24)27-25-22(34-35-27)9-8-20(31-25)17-13-19(15-29-14-17)36-18-5-3-2-4-6-18/h7-15,18H,2-6H2,1H3,(H,32,33)(H,34,35). The van der Waals surface area contributed by atoms with Crippen LogP contribution in [0.5, 0.6) is 5.75 Å². The molecule has 1 aliphatic carbocycles. The molecule has 1 saturated carbocycles. The van der Waals surface area contributed by atoms with E-state index in [0.717, 1.165) is 62.5 Å². The van der Waals surface area contributed by atoms with Crippen LogP contribution in [-0.4, -0.2) is 41.2 Å². The maximum absolute atomic E-state index is 6.24. The van der Waals surface area contributed by atoms with E-state index in [4.69, 9.17) is 14.7 Å². The number of H-pyrrole nitrogens is 2. The fourth-order valence-electron chi connectivity index (χ4n) is 5.01. The van der Waals surface area contributed by atoms with Crippen molar-refractivity contribution < 1.29 is 4.74 Å². The first-order valence-electron chi connectivity index (χ1n) is 12.6. The van der Waals surface area contributed by atoms with Gasteiger partial charge in [0, 0.05) is 22.8 Å². The van der Waals surface area contributed by atoms with Crippen LogP contribution in [0.2, 0.25) is 0 Å². The maximum Gasteiger partial charge on any atom is 0.161 e. The molecule has 7 rings (SSSR count). The van der Waals surface area contributed by atoms with E-state index in [1.807, 2.05) is 36.7 Å². The number of ether oxygens (including phenoxy) is 1. The van der Waals surface area contributed by atoms with Crippen molar-refractivity contribution >= 4 is 33.4 Å². The number of aromatic nitrogens is 7. The lowest BCUT2D eigenvalue weighted by Crippen LogP contribution is -2.19. The fourth-order valence-corrected chi connectivity index (χ4v) is 5.88. The Bertz CT molecular complexity index is 1730. The first-order chi connectivity index (χ1) is 18.2. The Morgan fingerprint density at radius 2 is 1.81 bits per heavy atom. The van der Waals surface area contributed by atoms with Crippen LogP contribution in [0, 0.1) is 6.92 Å². The van der Waals surface area contributed by atoms with Crippen molar-refractivity contribution in [1.82, 2.24) is 35.1 Å².